The molecule has 0 N–H and O–H groups in total. The lowest BCUT2D eigenvalue weighted by atomic mass is 9.78. The SMILES string of the molecule is CN1CCc2cc(C(C)(C)C)nc3c2C1Cc1ccccc1-3. The summed E-state index contributed by atoms with van der Waals surface area (Å²) in [5.41, 5.74) is 8.35. The van der Waals surface area contributed by atoms with Crippen molar-refractivity contribution in [2.45, 2.75) is 45.1 Å². The minimum absolute atomic E-state index is 0.0940. The van der Waals surface area contributed by atoms with Crippen molar-refractivity contribution < 1.29 is 0 Å². The van der Waals surface area contributed by atoms with E-state index in [1.54, 1.807) is 0 Å². The van der Waals surface area contributed by atoms with Crippen molar-refractivity contribution in [2.75, 3.05) is 13.6 Å². The quantitative estimate of drug-likeness (QED) is 0.726. The number of rotatable bonds is 0. The van der Waals surface area contributed by atoms with E-state index in [-0.39, 0.29) is 5.41 Å². The fourth-order valence-corrected chi connectivity index (χ4v) is 3.84. The maximum absolute atomic E-state index is 5.13. The number of hydrogen-bond acceptors (Lipinski definition) is 2. The second-order valence-electron chi connectivity index (χ2n) is 7.79. The molecular weight excluding hydrogens is 268 g/mol. The van der Waals surface area contributed by atoms with Gasteiger partial charge < -0.3 is 0 Å². The third kappa shape index (κ3) is 2.01. The molecule has 0 fully saturated rings. The Bertz CT molecular complexity index is 740. The van der Waals surface area contributed by atoms with Crippen LogP contribution in [0.25, 0.3) is 11.3 Å². The van der Waals surface area contributed by atoms with Gasteiger partial charge in [-0.15, -0.1) is 0 Å². The highest BCUT2D eigenvalue weighted by molar-refractivity contribution is 5.72. The van der Waals surface area contributed by atoms with Gasteiger partial charge in [-0.2, -0.15) is 0 Å². The lowest BCUT2D eigenvalue weighted by Crippen LogP contribution is -2.36. The lowest BCUT2D eigenvalue weighted by molar-refractivity contribution is 0.227. The summed E-state index contributed by atoms with van der Waals surface area (Å²) < 4.78 is 0. The van der Waals surface area contributed by atoms with Crippen molar-refractivity contribution in [2.24, 2.45) is 0 Å². The van der Waals surface area contributed by atoms with Gasteiger partial charge in [0, 0.05) is 29.3 Å². The molecular formula is C20H24N2. The molecule has 0 saturated carbocycles. The van der Waals surface area contributed by atoms with Crippen LogP contribution in [0, 0.1) is 0 Å². The highest BCUT2D eigenvalue weighted by atomic mass is 15.1. The second kappa shape index (κ2) is 4.66. The molecule has 114 valence electrons. The van der Waals surface area contributed by atoms with Crippen molar-refractivity contribution in [3.8, 4) is 11.3 Å². The van der Waals surface area contributed by atoms with Crippen molar-refractivity contribution in [1.29, 1.82) is 0 Å². The maximum atomic E-state index is 5.13. The summed E-state index contributed by atoms with van der Waals surface area (Å²) in [6.45, 7) is 7.92. The number of aromatic nitrogens is 1. The summed E-state index contributed by atoms with van der Waals surface area (Å²) in [6.07, 6.45) is 2.26. The van der Waals surface area contributed by atoms with E-state index in [2.05, 4.69) is 63.1 Å². The van der Waals surface area contributed by atoms with Gasteiger partial charge in [0.15, 0.2) is 0 Å². The number of hydrogen-bond donors (Lipinski definition) is 0. The van der Waals surface area contributed by atoms with Gasteiger partial charge in [0.2, 0.25) is 0 Å². The zero-order valence-electron chi connectivity index (χ0n) is 14.0. The Labute approximate surface area is 133 Å². The first kappa shape index (κ1) is 14.0. The van der Waals surface area contributed by atoms with E-state index in [9.17, 15) is 0 Å². The van der Waals surface area contributed by atoms with Gasteiger partial charge in [-0.3, -0.25) is 9.88 Å². The van der Waals surface area contributed by atoms with Crippen LogP contribution in [0.4, 0.5) is 0 Å². The van der Waals surface area contributed by atoms with Crippen LogP contribution in [0.2, 0.25) is 0 Å². The summed E-state index contributed by atoms with van der Waals surface area (Å²) in [7, 11) is 2.25. The van der Waals surface area contributed by atoms with Crippen molar-refractivity contribution in [3.63, 3.8) is 0 Å². The van der Waals surface area contributed by atoms with Crippen LogP contribution in [-0.4, -0.2) is 23.5 Å². The molecule has 0 bridgehead atoms. The van der Waals surface area contributed by atoms with Crippen LogP contribution < -0.4 is 0 Å². The van der Waals surface area contributed by atoms with Gasteiger partial charge in [-0.1, -0.05) is 45.0 Å². The monoisotopic (exact) mass is 292 g/mol. The van der Waals surface area contributed by atoms with Crippen LogP contribution in [0.3, 0.4) is 0 Å². The summed E-state index contributed by atoms with van der Waals surface area (Å²) in [5, 5.41) is 0. The molecule has 1 aliphatic heterocycles. The van der Waals surface area contributed by atoms with E-state index >= 15 is 0 Å². The molecule has 2 heteroatoms. The standard InChI is InChI=1S/C20H24N2/c1-20(2,3)17-12-14-9-10-22(4)16-11-13-7-5-6-8-15(13)19(21-17)18(14)16/h5-8,12,16H,9-11H2,1-4H3. The molecule has 2 heterocycles. The van der Waals surface area contributed by atoms with E-state index in [0.717, 1.165) is 19.4 Å². The zero-order valence-corrected chi connectivity index (χ0v) is 14.0. The van der Waals surface area contributed by atoms with Gasteiger partial charge >= 0.3 is 0 Å². The summed E-state index contributed by atoms with van der Waals surface area (Å²) in [5.74, 6) is 0. The number of benzene rings is 1. The topological polar surface area (TPSA) is 16.1 Å². The van der Waals surface area contributed by atoms with E-state index in [4.69, 9.17) is 4.98 Å². The van der Waals surface area contributed by atoms with E-state index < -0.39 is 0 Å². The molecule has 0 spiro atoms. The molecule has 1 atom stereocenters. The third-order valence-corrected chi connectivity index (χ3v) is 5.20. The smallest absolute Gasteiger partial charge is 0.0759 e. The Morgan fingerprint density at radius 1 is 1.14 bits per heavy atom. The summed E-state index contributed by atoms with van der Waals surface area (Å²) in [4.78, 5) is 7.63. The van der Waals surface area contributed by atoms with Gasteiger partial charge in [0.1, 0.15) is 0 Å². The number of pyridine rings is 1. The van der Waals surface area contributed by atoms with E-state index in [0.29, 0.717) is 6.04 Å². The molecule has 1 aromatic heterocycles. The Morgan fingerprint density at radius 3 is 2.68 bits per heavy atom. The fraction of sp³-hybridized carbons (Fsp3) is 0.450. The van der Waals surface area contributed by atoms with Gasteiger partial charge in [-0.25, -0.2) is 0 Å². The second-order valence-corrected chi connectivity index (χ2v) is 7.79. The molecule has 2 aromatic rings. The number of likely N-dealkylation sites (N-methyl/N-ethyl adjacent to an activating group) is 1. The van der Waals surface area contributed by atoms with Gasteiger partial charge in [0.25, 0.3) is 0 Å². The maximum Gasteiger partial charge on any atom is 0.0759 e. The molecule has 1 unspecified atom stereocenters. The molecule has 2 nitrogen and oxygen atoms in total. The van der Waals surface area contributed by atoms with Gasteiger partial charge in [-0.05, 0) is 42.6 Å². The molecule has 1 aliphatic carbocycles. The van der Waals surface area contributed by atoms with Crippen LogP contribution in [-0.2, 0) is 18.3 Å². The molecule has 2 aliphatic rings. The van der Waals surface area contributed by atoms with Crippen LogP contribution in [0.15, 0.2) is 30.3 Å². The van der Waals surface area contributed by atoms with Crippen molar-refractivity contribution >= 4 is 0 Å². The van der Waals surface area contributed by atoms with E-state index in [1.807, 2.05) is 0 Å². The normalized spacial score (nSPS) is 20.5. The van der Waals surface area contributed by atoms with Crippen molar-refractivity contribution in [1.82, 2.24) is 9.88 Å². The molecule has 22 heavy (non-hydrogen) atoms. The summed E-state index contributed by atoms with van der Waals surface area (Å²) in [6, 6.07) is 11.7. The fourth-order valence-electron chi connectivity index (χ4n) is 3.84. The molecule has 0 saturated heterocycles. The van der Waals surface area contributed by atoms with Crippen LogP contribution in [0.1, 0.15) is 49.2 Å². The Kier molecular flexibility index (Phi) is 2.96. The zero-order chi connectivity index (χ0) is 15.5. The first-order valence-electron chi connectivity index (χ1n) is 8.28. The average molecular weight is 292 g/mol. The highest BCUT2D eigenvalue weighted by Gasteiger charge is 2.34. The molecule has 1 aromatic carbocycles. The number of nitrogens with zero attached hydrogens (tertiary/aromatic N) is 2. The first-order chi connectivity index (χ1) is 10.4. The molecule has 4 rings (SSSR count). The largest absolute Gasteiger partial charge is 0.299 e. The Morgan fingerprint density at radius 2 is 1.91 bits per heavy atom. The van der Waals surface area contributed by atoms with Crippen LogP contribution >= 0.6 is 0 Å². The Hall–Kier alpha value is -1.67. The molecule has 0 radical (unpaired) electrons. The third-order valence-electron chi connectivity index (χ3n) is 5.20. The average Bonchev–Trinajstić information content (AvgIpc) is 2.49. The molecule has 0 amide bonds. The highest BCUT2D eigenvalue weighted by Crippen LogP contribution is 2.44. The first-order valence-corrected chi connectivity index (χ1v) is 8.28. The van der Waals surface area contributed by atoms with Crippen molar-refractivity contribution in [3.05, 3.63) is 52.7 Å². The lowest BCUT2D eigenvalue weighted by Gasteiger charge is -2.40. The number of fused-ring (bicyclic) bond motifs is 2. The minimum Gasteiger partial charge on any atom is -0.299 e. The minimum atomic E-state index is 0.0940. The van der Waals surface area contributed by atoms with Crippen LogP contribution in [0.5, 0.6) is 0 Å². The summed E-state index contributed by atoms with van der Waals surface area (Å²) >= 11 is 0. The predicted octanol–water partition coefficient (Wildman–Crippen LogP) is 4.13. The predicted molar refractivity (Wildman–Crippen MR) is 91.2 cm³/mol. The van der Waals surface area contributed by atoms with Gasteiger partial charge in [0.05, 0.1) is 5.69 Å². The Balaban J connectivity index is 2.02. The van der Waals surface area contributed by atoms with E-state index in [1.165, 1.54) is 33.6 Å².